The molecule has 1 saturated carbocycles. The smallest absolute Gasteiger partial charge is 0.123 e. The van der Waals surface area contributed by atoms with E-state index in [4.69, 9.17) is 4.74 Å². The van der Waals surface area contributed by atoms with Crippen LogP contribution in [0.25, 0.3) is 0 Å². The fraction of sp³-hybridized carbons (Fsp3) is 0.684. The summed E-state index contributed by atoms with van der Waals surface area (Å²) < 4.78 is 6.24. The third-order valence-electron chi connectivity index (χ3n) is 5.28. The predicted octanol–water partition coefficient (Wildman–Crippen LogP) is 4.25. The van der Waals surface area contributed by atoms with Crippen LogP contribution in [0.1, 0.15) is 56.6 Å². The van der Waals surface area contributed by atoms with E-state index in [1.165, 1.54) is 56.2 Å². The fourth-order valence-corrected chi connectivity index (χ4v) is 4.19. The van der Waals surface area contributed by atoms with Crippen LogP contribution in [-0.2, 0) is 6.42 Å². The third kappa shape index (κ3) is 3.42. The molecule has 1 aliphatic carbocycles. The maximum Gasteiger partial charge on any atom is 0.123 e. The highest BCUT2D eigenvalue weighted by atomic mass is 16.5. The van der Waals surface area contributed by atoms with Crippen LogP contribution in [0.2, 0.25) is 0 Å². The molecule has 1 aliphatic heterocycles. The minimum absolute atomic E-state index is 0.388. The lowest BCUT2D eigenvalue weighted by Crippen LogP contribution is -2.39. The third-order valence-corrected chi connectivity index (χ3v) is 5.28. The molecule has 1 atom stereocenters. The number of fused-ring (bicyclic) bond motifs is 1. The van der Waals surface area contributed by atoms with Crippen LogP contribution in [0.3, 0.4) is 0 Å². The molecule has 0 saturated heterocycles. The first-order chi connectivity index (χ1) is 10.2. The predicted molar refractivity (Wildman–Crippen MR) is 88.0 cm³/mol. The Balaban J connectivity index is 1.67. The average Bonchev–Trinajstić information content (AvgIpc) is 2.87. The molecule has 2 heteroatoms. The molecule has 1 N–H and O–H groups in total. The van der Waals surface area contributed by atoms with Crippen LogP contribution in [0, 0.1) is 12.3 Å². The number of ether oxygens (including phenoxy) is 1. The van der Waals surface area contributed by atoms with Crippen molar-refractivity contribution in [3.63, 3.8) is 0 Å². The molecule has 21 heavy (non-hydrogen) atoms. The minimum Gasteiger partial charge on any atom is -0.490 e. The molecular formula is C19H29NO. The van der Waals surface area contributed by atoms with Gasteiger partial charge < -0.3 is 10.1 Å². The molecule has 0 radical (unpaired) electrons. The van der Waals surface area contributed by atoms with E-state index >= 15 is 0 Å². The van der Waals surface area contributed by atoms with Gasteiger partial charge in [0.15, 0.2) is 0 Å². The topological polar surface area (TPSA) is 21.3 Å². The number of benzene rings is 1. The van der Waals surface area contributed by atoms with Gasteiger partial charge in [-0.1, -0.05) is 43.9 Å². The number of rotatable bonds is 5. The van der Waals surface area contributed by atoms with E-state index in [0.717, 1.165) is 18.7 Å². The van der Waals surface area contributed by atoms with Crippen LogP contribution < -0.4 is 10.1 Å². The van der Waals surface area contributed by atoms with Crippen LogP contribution in [0.15, 0.2) is 18.2 Å². The molecule has 1 fully saturated rings. The first kappa shape index (κ1) is 14.9. The van der Waals surface area contributed by atoms with E-state index in [2.05, 4.69) is 37.4 Å². The van der Waals surface area contributed by atoms with Gasteiger partial charge in [-0.05, 0) is 49.8 Å². The van der Waals surface area contributed by atoms with E-state index in [9.17, 15) is 0 Å². The average molecular weight is 287 g/mol. The van der Waals surface area contributed by atoms with Gasteiger partial charge in [0.25, 0.3) is 0 Å². The summed E-state index contributed by atoms with van der Waals surface area (Å²) >= 11 is 0. The summed E-state index contributed by atoms with van der Waals surface area (Å²) in [7, 11) is 0. The molecule has 0 spiro atoms. The summed E-state index contributed by atoms with van der Waals surface area (Å²) in [4.78, 5) is 0. The quantitative estimate of drug-likeness (QED) is 0.874. The summed E-state index contributed by atoms with van der Waals surface area (Å²) in [5.74, 6) is 1.13. The second kappa shape index (κ2) is 6.39. The van der Waals surface area contributed by atoms with E-state index in [-0.39, 0.29) is 0 Å². The molecule has 116 valence electrons. The van der Waals surface area contributed by atoms with Gasteiger partial charge in [0.2, 0.25) is 0 Å². The molecule has 1 unspecified atom stereocenters. The molecule has 0 bridgehead atoms. The molecule has 1 heterocycles. The normalized spacial score (nSPS) is 23.6. The highest BCUT2D eigenvalue weighted by molar-refractivity contribution is 5.40. The zero-order valence-electron chi connectivity index (χ0n) is 13.6. The Morgan fingerprint density at radius 2 is 2.05 bits per heavy atom. The van der Waals surface area contributed by atoms with Crippen molar-refractivity contribution in [2.45, 2.75) is 64.9 Å². The highest BCUT2D eigenvalue weighted by Gasteiger charge is 2.36. The van der Waals surface area contributed by atoms with Crippen molar-refractivity contribution < 1.29 is 4.74 Å². The van der Waals surface area contributed by atoms with E-state index in [1.807, 2.05) is 0 Å². The zero-order chi connectivity index (χ0) is 14.7. The van der Waals surface area contributed by atoms with Crippen molar-refractivity contribution >= 4 is 0 Å². The molecule has 3 rings (SSSR count). The number of hydrogen-bond acceptors (Lipinski definition) is 2. The largest absolute Gasteiger partial charge is 0.490 e. The second-order valence-electron chi connectivity index (χ2n) is 7.10. The molecule has 1 aromatic carbocycles. The first-order valence-electron chi connectivity index (χ1n) is 8.68. The molecule has 1 aromatic rings. The maximum atomic E-state index is 6.24. The number of aryl methyl sites for hydroxylation is 1. The number of hydrogen-bond donors (Lipinski definition) is 1. The molecule has 0 aromatic heterocycles. The zero-order valence-corrected chi connectivity index (χ0v) is 13.6. The first-order valence-corrected chi connectivity index (χ1v) is 8.68. The summed E-state index contributed by atoms with van der Waals surface area (Å²) in [6, 6.07) is 6.62. The van der Waals surface area contributed by atoms with Crippen molar-refractivity contribution in [3.8, 4) is 5.75 Å². The van der Waals surface area contributed by atoms with Gasteiger partial charge >= 0.3 is 0 Å². The highest BCUT2D eigenvalue weighted by Crippen LogP contribution is 2.43. The van der Waals surface area contributed by atoms with Crippen molar-refractivity contribution in [1.82, 2.24) is 5.32 Å². The van der Waals surface area contributed by atoms with Crippen molar-refractivity contribution in [1.29, 1.82) is 0 Å². The van der Waals surface area contributed by atoms with Crippen molar-refractivity contribution in [2.24, 2.45) is 5.41 Å². The van der Waals surface area contributed by atoms with Gasteiger partial charge in [0.1, 0.15) is 11.9 Å². The lowest BCUT2D eigenvalue weighted by atomic mass is 9.70. The molecular weight excluding hydrogens is 258 g/mol. The fourth-order valence-electron chi connectivity index (χ4n) is 4.19. The Morgan fingerprint density at radius 3 is 2.81 bits per heavy atom. The summed E-state index contributed by atoms with van der Waals surface area (Å²) in [5, 5.41) is 3.61. The summed E-state index contributed by atoms with van der Waals surface area (Å²) in [5.41, 5.74) is 3.23. The summed E-state index contributed by atoms with van der Waals surface area (Å²) in [6.07, 6.45) is 9.65. The maximum absolute atomic E-state index is 6.24. The Labute approximate surface area is 129 Å². The number of nitrogens with one attached hydrogen (secondary N) is 1. The lowest BCUT2D eigenvalue weighted by molar-refractivity contribution is 0.0952. The van der Waals surface area contributed by atoms with Crippen LogP contribution in [0.4, 0.5) is 0 Å². The molecule has 0 amide bonds. The van der Waals surface area contributed by atoms with Gasteiger partial charge in [-0.3, -0.25) is 0 Å². The van der Waals surface area contributed by atoms with Crippen molar-refractivity contribution in [2.75, 3.05) is 13.1 Å². The van der Waals surface area contributed by atoms with Gasteiger partial charge in [-0.15, -0.1) is 0 Å². The molecule has 2 aliphatic rings. The van der Waals surface area contributed by atoms with Crippen molar-refractivity contribution in [3.05, 3.63) is 29.3 Å². The molecule has 2 nitrogen and oxygen atoms in total. The van der Waals surface area contributed by atoms with Crippen LogP contribution in [0.5, 0.6) is 5.75 Å². The van der Waals surface area contributed by atoms with E-state index in [0.29, 0.717) is 11.5 Å². The monoisotopic (exact) mass is 287 g/mol. The van der Waals surface area contributed by atoms with Gasteiger partial charge in [-0.2, -0.15) is 0 Å². The second-order valence-corrected chi connectivity index (χ2v) is 7.10. The SMILES string of the molecule is CCNCC1(CC2Cc3cc(C)ccc3O2)CCCCC1. The minimum atomic E-state index is 0.388. The van der Waals surface area contributed by atoms with Crippen LogP contribution in [-0.4, -0.2) is 19.2 Å². The Morgan fingerprint density at radius 1 is 1.24 bits per heavy atom. The standard InChI is InChI=1S/C19H29NO/c1-3-20-14-19(9-5-4-6-10-19)13-17-12-16-11-15(2)7-8-18(16)21-17/h7-8,11,17,20H,3-6,9-10,12-14H2,1-2H3. The van der Waals surface area contributed by atoms with E-state index in [1.54, 1.807) is 0 Å². The Bertz CT molecular complexity index is 476. The van der Waals surface area contributed by atoms with Crippen LogP contribution >= 0.6 is 0 Å². The lowest BCUT2D eigenvalue weighted by Gasteiger charge is -2.39. The Kier molecular flexibility index (Phi) is 4.54. The van der Waals surface area contributed by atoms with Gasteiger partial charge in [0, 0.05) is 13.0 Å². The van der Waals surface area contributed by atoms with Gasteiger partial charge in [-0.25, -0.2) is 0 Å². The Hall–Kier alpha value is -1.02. The van der Waals surface area contributed by atoms with E-state index < -0.39 is 0 Å². The van der Waals surface area contributed by atoms with Gasteiger partial charge in [0.05, 0.1) is 0 Å². The summed E-state index contributed by atoms with van der Waals surface area (Å²) in [6.45, 7) is 6.62.